The highest BCUT2D eigenvalue weighted by atomic mass is 16.3. The lowest BCUT2D eigenvalue weighted by atomic mass is 10.1. The Bertz CT molecular complexity index is 511. The molecule has 2 rings (SSSR count). The van der Waals surface area contributed by atoms with Gasteiger partial charge in [0.2, 0.25) is 0 Å². The van der Waals surface area contributed by atoms with E-state index in [1.54, 1.807) is 0 Å². The SMILES string of the molecule is CCC(O)CNc1cc(C)nc2ccccc12. The van der Waals surface area contributed by atoms with Crippen molar-refractivity contribution in [3.8, 4) is 0 Å². The standard InChI is InChI=1S/C14H18N2O/c1-3-11(17)9-15-14-8-10(2)16-13-7-5-4-6-12(13)14/h4-8,11,17H,3,9H2,1-2H3,(H,15,16). The average Bonchev–Trinajstić information content (AvgIpc) is 2.35. The number of rotatable bonds is 4. The van der Waals surface area contributed by atoms with Crippen LogP contribution in [0.25, 0.3) is 10.9 Å². The lowest BCUT2D eigenvalue weighted by molar-refractivity contribution is 0.183. The molecule has 1 aromatic carbocycles. The summed E-state index contributed by atoms with van der Waals surface area (Å²) in [5.41, 5.74) is 3.01. The highest BCUT2D eigenvalue weighted by Crippen LogP contribution is 2.22. The first-order chi connectivity index (χ1) is 8.20. The molecule has 0 fully saturated rings. The Kier molecular flexibility index (Phi) is 3.59. The van der Waals surface area contributed by atoms with Gasteiger partial charge in [-0.25, -0.2) is 0 Å². The van der Waals surface area contributed by atoms with Crippen molar-refractivity contribution in [2.24, 2.45) is 0 Å². The number of nitrogens with one attached hydrogen (secondary N) is 1. The van der Waals surface area contributed by atoms with Crippen LogP contribution >= 0.6 is 0 Å². The minimum atomic E-state index is -0.303. The fourth-order valence-electron chi connectivity index (χ4n) is 1.83. The number of benzene rings is 1. The van der Waals surface area contributed by atoms with Crippen molar-refractivity contribution in [1.29, 1.82) is 0 Å². The van der Waals surface area contributed by atoms with Crippen molar-refractivity contribution < 1.29 is 5.11 Å². The Balaban J connectivity index is 2.32. The van der Waals surface area contributed by atoms with Gasteiger partial charge in [-0.1, -0.05) is 25.1 Å². The minimum Gasteiger partial charge on any atom is -0.391 e. The van der Waals surface area contributed by atoms with Gasteiger partial charge in [-0.3, -0.25) is 4.98 Å². The van der Waals surface area contributed by atoms with Gasteiger partial charge in [-0.2, -0.15) is 0 Å². The Morgan fingerprint density at radius 2 is 2.12 bits per heavy atom. The first kappa shape index (κ1) is 11.9. The van der Waals surface area contributed by atoms with Crippen LogP contribution < -0.4 is 5.32 Å². The number of hydrogen-bond acceptors (Lipinski definition) is 3. The molecule has 2 aromatic rings. The van der Waals surface area contributed by atoms with Gasteiger partial charge in [0.1, 0.15) is 0 Å². The lowest BCUT2D eigenvalue weighted by Crippen LogP contribution is -2.18. The van der Waals surface area contributed by atoms with Crippen molar-refractivity contribution in [2.45, 2.75) is 26.4 Å². The van der Waals surface area contributed by atoms with Crippen LogP contribution in [0.3, 0.4) is 0 Å². The predicted octanol–water partition coefficient (Wildman–Crippen LogP) is 2.73. The zero-order chi connectivity index (χ0) is 12.3. The van der Waals surface area contributed by atoms with E-state index in [0.29, 0.717) is 6.54 Å². The maximum absolute atomic E-state index is 9.58. The van der Waals surface area contributed by atoms with E-state index < -0.39 is 0 Å². The summed E-state index contributed by atoms with van der Waals surface area (Å²) in [6.45, 7) is 4.53. The summed E-state index contributed by atoms with van der Waals surface area (Å²) in [6, 6.07) is 10.1. The number of anilines is 1. The number of aryl methyl sites for hydroxylation is 1. The Morgan fingerprint density at radius 1 is 1.35 bits per heavy atom. The summed E-state index contributed by atoms with van der Waals surface area (Å²) in [4.78, 5) is 4.48. The van der Waals surface area contributed by atoms with Gasteiger partial charge >= 0.3 is 0 Å². The normalized spacial score (nSPS) is 12.6. The molecule has 3 heteroatoms. The van der Waals surface area contributed by atoms with Crippen molar-refractivity contribution in [1.82, 2.24) is 4.98 Å². The third-order valence-electron chi connectivity index (χ3n) is 2.84. The second kappa shape index (κ2) is 5.15. The Hall–Kier alpha value is -1.61. The third-order valence-corrected chi connectivity index (χ3v) is 2.84. The molecule has 17 heavy (non-hydrogen) atoms. The van der Waals surface area contributed by atoms with Gasteiger partial charge in [-0.05, 0) is 25.5 Å². The number of nitrogens with zero attached hydrogens (tertiary/aromatic N) is 1. The second-order valence-corrected chi connectivity index (χ2v) is 4.27. The lowest BCUT2D eigenvalue weighted by Gasteiger charge is -2.13. The first-order valence-electron chi connectivity index (χ1n) is 5.99. The molecule has 0 amide bonds. The van der Waals surface area contributed by atoms with Gasteiger partial charge in [0.05, 0.1) is 11.6 Å². The molecule has 3 nitrogen and oxygen atoms in total. The summed E-state index contributed by atoms with van der Waals surface area (Å²) in [5, 5.41) is 14.0. The van der Waals surface area contributed by atoms with Crippen molar-refractivity contribution >= 4 is 16.6 Å². The molecular formula is C14H18N2O. The van der Waals surface area contributed by atoms with E-state index in [-0.39, 0.29) is 6.10 Å². The van der Waals surface area contributed by atoms with Gasteiger partial charge in [0.25, 0.3) is 0 Å². The van der Waals surface area contributed by atoms with E-state index in [0.717, 1.165) is 28.7 Å². The van der Waals surface area contributed by atoms with Crippen LogP contribution in [0.15, 0.2) is 30.3 Å². The van der Waals surface area contributed by atoms with Crippen LogP contribution in [-0.2, 0) is 0 Å². The minimum absolute atomic E-state index is 0.303. The average molecular weight is 230 g/mol. The van der Waals surface area contributed by atoms with Crippen molar-refractivity contribution in [3.63, 3.8) is 0 Å². The Labute approximate surface area is 102 Å². The number of pyridine rings is 1. The molecule has 0 saturated heterocycles. The van der Waals surface area contributed by atoms with Crippen molar-refractivity contribution in [2.75, 3.05) is 11.9 Å². The number of fused-ring (bicyclic) bond motifs is 1. The monoisotopic (exact) mass is 230 g/mol. The number of aliphatic hydroxyl groups is 1. The van der Waals surface area contributed by atoms with E-state index >= 15 is 0 Å². The number of aromatic nitrogens is 1. The van der Waals surface area contributed by atoms with Crippen LogP contribution in [0.5, 0.6) is 0 Å². The van der Waals surface area contributed by atoms with E-state index in [4.69, 9.17) is 0 Å². The molecule has 0 aliphatic carbocycles. The first-order valence-corrected chi connectivity index (χ1v) is 5.99. The summed E-state index contributed by atoms with van der Waals surface area (Å²) < 4.78 is 0. The molecule has 1 aromatic heterocycles. The molecule has 0 aliphatic heterocycles. The second-order valence-electron chi connectivity index (χ2n) is 4.27. The smallest absolute Gasteiger partial charge is 0.0725 e. The highest BCUT2D eigenvalue weighted by Gasteiger charge is 2.05. The van der Waals surface area contributed by atoms with E-state index in [9.17, 15) is 5.11 Å². The Morgan fingerprint density at radius 3 is 2.88 bits per heavy atom. The largest absolute Gasteiger partial charge is 0.391 e. The molecule has 1 heterocycles. The topological polar surface area (TPSA) is 45.1 Å². The number of hydrogen-bond donors (Lipinski definition) is 2. The molecule has 0 bridgehead atoms. The zero-order valence-electron chi connectivity index (χ0n) is 10.3. The van der Waals surface area contributed by atoms with E-state index in [2.05, 4.69) is 10.3 Å². The fourth-order valence-corrected chi connectivity index (χ4v) is 1.83. The molecule has 1 unspecified atom stereocenters. The molecule has 0 aliphatic rings. The number of para-hydroxylation sites is 1. The van der Waals surface area contributed by atoms with Gasteiger partial charge in [-0.15, -0.1) is 0 Å². The molecular weight excluding hydrogens is 212 g/mol. The van der Waals surface area contributed by atoms with Crippen LogP contribution in [-0.4, -0.2) is 22.7 Å². The van der Waals surface area contributed by atoms with Gasteiger partial charge in [0, 0.05) is 23.3 Å². The fraction of sp³-hybridized carbons (Fsp3) is 0.357. The van der Waals surface area contributed by atoms with Crippen LogP contribution in [0, 0.1) is 6.92 Å². The van der Waals surface area contributed by atoms with Crippen LogP contribution in [0.1, 0.15) is 19.0 Å². The summed E-state index contributed by atoms with van der Waals surface area (Å²) >= 11 is 0. The van der Waals surface area contributed by atoms with Crippen LogP contribution in [0.4, 0.5) is 5.69 Å². The maximum atomic E-state index is 9.58. The van der Waals surface area contributed by atoms with Crippen molar-refractivity contribution in [3.05, 3.63) is 36.0 Å². The zero-order valence-corrected chi connectivity index (χ0v) is 10.3. The van der Waals surface area contributed by atoms with Crippen LogP contribution in [0.2, 0.25) is 0 Å². The highest BCUT2D eigenvalue weighted by molar-refractivity contribution is 5.91. The predicted molar refractivity (Wildman–Crippen MR) is 71.3 cm³/mol. The third kappa shape index (κ3) is 2.74. The molecule has 90 valence electrons. The van der Waals surface area contributed by atoms with E-state index in [1.165, 1.54) is 0 Å². The molecule has 1 atom stereocenters. The van der Waals surface area contributed by atoms with Gasteiger partial charge < -0.3 is 10.4 Å². The van der Waals surface area contributed by atoms with E-state index in [1.807, 2.05) is 44.2 Å². The summed E-state index contributed by atoms with van der Waals surface area (Å²) in [5.74, 6) is 0. The summed E-state index contributed by atoms with van der Waals surface area (Å²) in [7, 11) is 0. The molecule has 0 saturated carbocycles. The molecule has 0 spiro atoms. The quantitative estimate of drug-likeness (QED) is 0.849. The summed E-state index contributed by atoms with van der Waals surface area (Å²) in [6.07, 6.45) is 0.455. The number of aliphatic hydroxyl groups excluding tert-OH is 1. The maximum Gasteiger partial charge on any atom is 0.0725 e. The van der Waals surface area contributed by atoms with Gasteiger partial charge in [0.15, 0.2) is 0 Å². The molecule has 2 N–H and O–H groups in total. The molecule has 0 radical (unpaired) electrons.